The minimum absolute atomic E-state index is 0.0224. The number of hydrogen-bond acceptors (Lipinski definition) is 5. The molecule has 3 rings (SSSR count). The standard InChI is InChI=1S/C15H10N4O3S/c16-10-18-15(20)13-9-11-5-4-8-17-14(11)19(13)23(21,22)12-6-2-1-3-7-12/h1-9H,(H,18,20). The van der Waals surface area contributed by atoms with Crippen LogP contribution in [0.15, 0.2) is 59.6 Å². The Labute approximate surface area is 131 Å². The van der Waals surface area contributed by atoms with Crippen LogP contribution in [0.2, 0.25) is 0 Å². The van der Waals surface area contributed by atoms with Crippen molar-refractivity contribution in [3.63, 3.8) is 0 Å². The Balaban J connectivity index is 2.34. The zero-order valence-electron chi connectivity index (χ0n) is 11.7. The fourth-order valence-corrected chi connectivity index (χ4v) is 3.71. The highest BCUT2D eigenvalue weighted by molar-refractivity contribution is 7.90. The third-order valence-corrected chi connectivity index (χ3v) is 4.92. The summed E-state index contributed by atoms with van der Waals surface area (Å²) in [4.78, 5) is 16.1. The van der Waals surface area contributed by atoms with E-state index in [9.17, 15) is 13.2 Å². The molecule has 3 aromatic rings. The largest absolute Gasteiger partial charge is 0.282 e. The van der Waals surface area contributed by atoms with E-state index in [1.807, 2.05) is 5.32 Å². The van der Waals surface area contributed by atoms with E-state index in [0.717, 1.165) is 3.97 Å². The molecule has 0 spiro atoms. The van der Waals surface area contributed by atoms with Gasteiger partial charge in [0.05, 0.1) is 4.90 Å². The Kier molecular flexibility index (Phi) is 3.56. The molecule has 1 aromatic carbocycles. The summed E-state index contributed by atoms with van der Waals surface area (Å²) >= 11 is 0. The molecular weight excluding hydrogens is 316 g/mol. The first-order valence-corrected chi connectivity index (χ1v) is 7.96. The highest BCUT2D eigenvalue weighted by Crippen LogP contribution is 2.24. The number of rotatable bonds is 3. The van der Waals surface area contributed by atoms with Crippen LogP contribution in [0.4, 0.5) is 0 Å². The molecule has 0 saturated carbocycles. The zero-order chi connectivity index (χ0) is 16.4. The maximum atomic E-state index is 12.9. The molecule has 2 heterocycles. The third-order valence-electron chi connectivity index (χ3n) is 3.20. The molecule has 1 N–H and O–H groups in total. The monoisotopic (exact) mass is 326 g/mol. The molecule has 7 nitrogen and oxygen atoms in total. The summed E-state index contributed by atoms with van der Waals surface area (Å²) in [6.07, 6.45) is 2.94. The van der Waals surface area contributed by atoms with E-state index in [1.54, 1.807) is 30.3 Å². The van der Waals surface area contributed by atoms with Crippen molar-refractivity contribution >= 4 is 27.0 Å². The molecule has 0 aliphatic rings. The van der Waals surface area contributed by atoms with Crippen LogP contribution in [0.3, 0.4) is 0 Å². The van der Waals surface area contributed by atoms with Gasteiger partial charge in [-0.05, 0) is 30.3 Å². The summed E-state index contributed by atoms with van der Waals surface area (Å²) in [5.41, 5.74) is -0.0523. The molecule has 114 valence electrons. The predicted octanol–water partition coefficient (Wildman–Crippen LogP) is 1.48. The second-order valence-electron chi connectivity index (χ2n) is 4.59. The van der Waals surface area contributed by atoms with Crippen LogP contribution in [0, 0.1) is 11.5 Å². The lowest BCUT2D eigenvalue weighted by Crippen LogP contribution is -2.25. The Morgan fingerprint density at radius 2 is 1.91 bits per heavy atom. The third kappa shape index (κ3) is 2.43. The average molecular weight is 326 g/mol. The van der Waals surface area contributed by atoms with Crippen LogP contribution in [0.5, 0.6) is 0 Å². The van der Waals surface area contributed by atoms with E-state index in [0.29, 0.717) is 5.39 Å². The SMILES string of the molecule is N#CNC(=O)c1cc2cccnc2n1S(=O)(=O)c1ccccc1. The minimum Gasteiger partial charge on any atom is -0.266 e. The number of amides is 1. The minimum atomic E-state index is -4.03. The summed E-state index contributed by atoms with van der Waals surface area (Å²) in [6, 6.07) is 12.4. The van der Waals surface area contributed by atoms with E-state index < -0.39 is 15.9 Å². The van der Waals surface area contributed by atoms with Crippen LogP contribution in [0.1, 0.15) is 10.5 Å². The van der Waals surface area contributed by atoms with Crippen molar-refractivity contribution in [3.8, 4) is 6.19 Å². The zero-order valence-corrected chi connectivity index (χ0v) is 12.5. The normalized spacial score (nSPS) is 11.1. The van der Waals surface area contributed by atoms with Gasteiger partial charge in [-0.2, -0.15) is 5.26 Å². The first-order valence-electron chi connectivity index (χ1n) is 6.52. The number of nitrogens with one attached hydrogen (secondary N) is 1. The van der Waals surface area contributed by atoms with Crippen molar-refractivity contribution in [3.05, 3.63) is 60.4 Å². The molecule has 0 saturated heterocycles. The van der Waals surface area contributed by atoms with E-state index in [2.05, 4.69) is 4.98 Å². The number of carbonyl (C=O) groups is 1. The van der Waals surface area contributed by atoms with Gasteiger partial charge in [0.25, 0.3) is 15.9 Å². The molecule has 0 atom stereocenters. The first-order chi connectivity index (χ1) is 11.1. The fraction of sp³-hybridized carbons (Fsp3) is 0. The van der Waals surface area contributed by atoms with Gasteiger partial charge in [-0.15, -0.1) is 0 Å². The van der Waals surface area contributed by atoms with Crippen molar-refractivity contribution in [2.45, 2.75) is 4.90 Å². The molecule has 1 amide bonds. The summed E-state index contributed by atoms with van der Waals surface area (Å²) < 4.78 is 26.6. The van der Waals surface area contributed by atoms with Crippen molar-refractivity contribution in [2.24, 2.45) is 0 Å². The molecule has 0 bridgehead atoms. The van der Waals surface area contributed by atoms with Crippen LogP contribution in [0.25, 0.3) is 11.0 Å². The topological polar surface area (TPSA) is 105 Å². The van der Waals surface area contributed by atoms with Crippen LogP contribution < -0.4 is 5.32 Å². The lowest BCUT2D eigenvalue weighted by molar-refractivity contribution is 0.0967. The molecular formula is C15H10N4O3S. The summed E-state index contributed by atoms with van der Waals surface area (Å²) in [7, 11) is -4.03. The Hall–Kier alpha value is -3.18. The molecule has 8 heteroatoms. The summed E-state index contributed by atoms with van der Waals surface area (Å²) in [5.74, 6) is -0.815. The maximum Gasteiger partial charge on any atom is 0.282 e. The van der Waals surface area contributed by atoms with Crippen molar-refractivity contribution in [1.82, 2.24) is 14.3 Å². The van der Waals surface area contributed by atoms with Gasteiger partial charge in [0, 0.05) is 11.6 Å². The number of benzene rings is 1. The summed E-state index contributed by atoms with van der Waals surface area (Å²) in [6.45, 7) is 0. The highest BCUT2D eigenvalue weighted by Gasteiger charge is 2.26. The molecule has 2 aromatic heterocycles. The van der Waals surface area contributed by atoms with Crippen LogP contribution in [-0.2, 0) is 10.0 Å². The second-order valence-corrected chi connectivity index (χ2v) is 6.38. The number of carbonyl (C=O) groups excluding carboxylic acids is 1. The average Bonchev–Trinajstić information content (AvgIpc) is 2.96. The van der Waals surface area contributed by atoms with Crippen molar-refractivity contribution in [1.29, 1.82) is 5.26 Å². The van der Waals surface area contributed by atoms with Gasteiger partial charge < -0.3 is 0 Å². The number of pyridine rings is 1. The van der Waals surface area contributed by atoms with Crippen LogP contribution >= 0.6 is 0 Å². The fourth-order valence-electron chi connectivity index (χ4n) is 2.23. The number of nitrogens with zero attached hydrogens (tertiary/aromatic N) is 3. The maximum absolute atomic E-state index is 12.9. The van der Waals surface area contributed by atoms with Gasteiger partial charge in [-0.3, -0.25) is 10.1 Å². The van der Waals surface area contributed by atoms with Gasteiger partial charge in [0.2, 0.25) is 0 Å². The lowest BCUT2D eigenvalue weighted by atomic mass is 10.3. The Morgan fingerprint density at radius 1 is 1.17 bits per heavy atom. The van der Waals surface area contributed by atoms with E-state index in [-0.39, 0.29) is 16.2 Å². The number of hydrogen-bond donors (Lipinski definition) is 1. The molecule has 0 aliphatic heterocycles. The number of aromatic nitrogens is 2. The molecule has 0 aliphatic carbocycles. The Morgan fingerprint density at radius 3 is 2.61 bits per heavy atom. The lowest BCUT2D eigenvalue weighted by Gasteiger charge is -2.10. The highest BCUT2D eigenvalue weighted by atomic mass is 32.2. The molecule has 23 heavy (non-hydrogen) atoms. The second kappa shape index (κ2) is 5.55. The smallest absolute Gasteiger partial charge is 0.266 e. The quantitative estimate of drug-likeness (QED) is 0.580. The molecule has 0 fully saturated rings. The van der Waals surface area contributed by atoms with Gasteiger partial charge in [0.1, 0.15) is 5.69 Å². The van der Waals surface area contributed by atoms with E-state index >= 15 is 0 Å². The van der Waals surface area contributed by atoms with Crippen molar-refractivity contribution < 1.29 is 13.2 Å². The van der Waals surface area contributed by atoms with Gasteiger partial charge in [0.15, 0.2) is 11.8 Å². The Bertz CT molecular complexity index is 1030. The van der Waals surface area contributed by atoms with E-state index in [4.69, 9.17) is 5.26 Å². The molecule has 0 unspecified atom stereocenters. The number of fused-ring (bicyclic) bond motifs is 1. The summed E-state index contributed by atoms with van der Waals surface area (Å²) in [5, 5.41) is 11.0. The van der Waals surface area contributed by atoms with Gasteiger partial charge >= 0.3 is 0 Å². The van der Waals surface area contributed by atoms with E-state index in [1.165, 1.54) is 30.6 Å². The number of nitriles is 1. The first kappa shape index (κ1) is 14.7. The van der Waals surface area contributed by atoms with Gasteiger partial charge in [-0.25, -0.2) is 17.4 Å². The van der Waals surface area contributed by atoms with Gasteiger partial charge in [-0.1, -0.05) is 18.2 Å². The van der Waals surface area contributed by atoms with Crippen LogP contribution in [-0.4, -0.2) is 23.3 Å². The molecule has 0 radical (unpaired) electrons. The van der Waals surface area contributed by atoms with Crippen molar-refractivity contribution in [2.75, 3.05) is 0 Å². The predicted molar refractivity (Wildman–Crippen MR) is 81.8 cm³/mol.